The molecule has 3 nitrogen and oxygen atoms in total. The Hall–Kier alpha value is -2.59. The molecule has 0 fully saturated rings. The highest BCUT2D eigenvalue weighted by molar-refractivity contribution is 7.10. The molecule has 1 atom stereocenters. The van der Waals surface area contributed by atoms with E-state index in [-0.39, 0.29) is 11.9 Å². The Kier molecular flexibility index (Phi) is 4.76. The molecule has 1 unspecified atom stereocenters. The van der Waals surface area contributed by atoms with E-state index in [2.05, 4.69) is 23.6 Å². The number of carbonyl (C=O) groups is 1. The topological polar surface area (TPSA) is 29.5 Å². The van der Waals surface area contributed by atoms with Crippen LogP contribution in [-0.4, -0.2) is 24.5 Å². The minimum atomic E-state index is -0.0212. The minimum Gasteiger partial charge on any atom is -0.497 e. The molecule has 0 aliphatic carbocycles. The first-order chi connectivity index (χ1) is 12.8. The lowest BCUT2D eigenvalue weighted by Gasteiger charge is -2.36. The van der Waals surface area contributed by atoms with Gasteiger partial charge in [0.25, 0.3) is 0 Å². The summed E-state index contributed by atoms with van der Waals surface area (Å²) in [4.78, 5) is 16.5. The molecule has 1 aromatic heterocycles. The number of fused-ring (bicyclic) bond motifs is 1. The Bertz CT molecular complexity index is 886. The Morgan fingerprint density at radius 1 is 1.12 bits per heavy atom. The quantitative estimate of drug-likeness (QED) is 0.684. The number of nitrogens with zero attached hydrogens (tertiary/aromatic N) is 1. The number of ether oxygens (including phenoxy) is 1. The van der Waals surface area contributed by atoms with Crippen molar-refractivity contribution in [2.24, 2.45) is 0 Å². The number of thiophene rings is 1. The van der Waals surface area contributed by atoms with Crippen LogP contribution in [0.5, 0.6) is 5.75 Å². The van der Waals surface area contributed by atoms with E-state index in [1.165, 1.54) is 10.4 Å². The first-order valence-corrected chi connectivity index (χ1v) is 9.68. The zero-order valence-electron chi connectivity index (χ0n) is 14.7. The average molecular weight is 363 g/mol. The van der Waals surface area contributed by atoms with Crippen molar-refractivity contribution in [1.29, 1.82) is 0 Å². The van der Waals surface area contributed by atoms with Crippen LogP contribution in [0.3, 0.4) is 0 Å². The number of rotatable bonds is 4. The third-order valence-electron chi connectivity index (χ3n) is 4.92. The third kappa shape index (κ3) is 3.25. The van der Waals surface area contributed by atoms with Gasteiger partial charge in [0.15, 0.2) is 0 Å². The second-order valence-electron chi connectivity index (χ2n) is 6.47. The standard InChI is InChI=1S/C22H21NO2S/c1-25-18-9-7-17(8-10-18)22-19-12-14-26-20(19)11-13-23(22)21(24)15-16-5-3-2-4-6-16/h2-10,12,14,22H,11,13,15H2,1H3. The molecule has 1 amide bonds. The molecule has 0 N–H and O–H groups in total. The molecule has 0 spiro atoms. The largest absolute Gasteiger partial charge is 0.497 e. The summed E-state index contributed by atoms with van der Waals surface area (Å²) < 4.78 is 5.29. The van der Waals surface area contributed by atoms with E-state index < -0.39 is 0 Å². The molecular weight excluding hydrogens is 342 g/mol. The van der Waals surface area contributed by atoms with Gasteiger partial charge < -0.3 is 9.64 Å². The fraction of sp³-hybridized carbons (Fsp3) is 0.227. The maximum absolute atomic E-state index is 13.1. The molecule has 3 aromatic rings. The van der Waals surface area contributed by atoms with Crippen LogP contribution in [0, 0.1) is 0 Å². The van der Waals surface area contributed by atoms with Crippen molar-refractivity contribution < 1.29 is 9.53 Å². The van der Waals surface area contributed by atoms with Gasteiger partial charge in [0.1, 0.15) is 5.75 Å². The van der Waals surface area contributed by atoms with Crippen molar-refractivity contribution in [2.75, 3.05) is 13.7 Å². The smallest absolute Gasteiger partial charge is 0.227 e. The lowest BCUT2D eigenvalue weighted by molar-refractivity contribution is -0.132. The highest BCUT2D eigenvalue weighted by Gasteiger charge is 2.32. The molecule has 0 saturated carbocycles. The molecule has 2 aromatic carbocycles. The van der Waals surface area contributed by atoms with Crippen LogP contribution < -0.4 is 4.74 Å². The van der Waals surface area contributed by atoms with Crippen LogP contribution in [-0.2, 0) is 17.6 Å². The molecule has 4 rings (SSSR count). The van der Waals surface area contributed by atoms with Gasteiger partial charge in [0.2, 0.25) is 5.91 Å². The predicted octanol–water partition coefficient (Wildman–Crippen LogP) is 4.47. The van der Waals surface area contributed by atoms with Gasteiger partial charge >= 0.3 is 0 Å². The molecule has 26 heavy (non-hydrogen) atoms. The van der Waals surface area contributed by atoms with Crippen molar-refractivity contribution in [3.63, 3.8) is 0 Å². The summed E-state index contributed by atoms with van der Waals surface area (Å²) in [6.45, 7) is 0.760. The first kappa shape index (κ1) is 16.9. The van der Waals surface area contributed by atoms with Crippen molar-refractivity contribution in [3.05, 3.63) is 87.6 Å². The Morgan fingerprint density at radius 3 is 2.62 bits per heavy atom. The van der Waals surface area contributed by atoms with Crippen molar-refractivity contribution in [1.82, 2.24) is 4.90 Å². The summed E-state index contributed by atoms with van der Waals surface area (Å²) in [6, 6.07) is 20.2. The molecule has 0 saturated heterocycles. The minimum absolute atomic E-state index is 0.0212. The number of amides is 1. The van der Waals surface area contributed by atoms with Crippen molar-refractivity contribution >= 4 is 17.2 Å². The summed E-state index contributed by atoms with van der Waals surface area (Å²) >= 11 is 1.79. The lowest BCUT2D eigenvalue weighted by Crippen LogP contribution is -2.40. The zero-order valence-corrected chi connectivity index (χ0v) is 15.5. The SMILES string of the molecule is COc1ccc(C2c3ccsc3CCN2C(=O)Cc2ccccc2)cc1. The van der Waals surface area contributed by atoms with Crippen LogP contribution >= 0.6 is 11.3 Å². The highest BCUT2D eigenvalue weighted by Crippen LogP contribution is 2.38. The van der Waals surface area contributed by atoms with Gasteiger partial charge in [0.05, 0.1) is 19.6 Å². The van der Waals surface area contributed by atoms with Gasteiger partial charge in [-0.2, -0.15) is 0 Å². The molecule has 132 valence electrons. The normalized spacial score (nSPS) is 16.2. The van der Waals surface area contributed by atoms with Crippen LogP contribution in [0.25, 0.3) is 0 Å². The number of methoxy groups -OCH3 is 1. The first-order valence-electron chi connectivity index (χ1n) is 8.80. The lowest BCUT2D eigenvalue weighted by atomic mass is 9.92. The van der Waals surface area contributed by atoms with Crippen LogP contribution in [0.4, 0.5) is 0 Å². The van der Waals surface area contributed by atoms with Gasteiger partial charge in [-0.05, 0) is 46.7 Å². The number of benzene rings is 2. The van der Waals surface area contributed by atoms with E-state index in [0.717, 1.165) is 29.8 Å². The van der Waals surface area contributed by atoms with Gasteiger partial charge in [-0.1, -0.05) is 42.5 Å². The van der Waals surface area contributed by atoms with Crippen molar-refractivity contribution in [2.45, 2.75) is 18.9 Å². The maximum Gasteiger partial charge on any atom is 0.227 e. The molecule has 1 aliphatic heterocycles. The van der Waals surface area contributed by atoms with E-state index in [9.17, 15) is 4.79 Å². The second-order valence-corrected chi connectivity index (χ2v) is 7.47. The Balaban J connectivity index is 1.67. The average Bonchev–Trinajstić information content (AvgIpc) is 3.17. The molecule has 1 aliphatic rings. The Morgan fingerprint density at radius 2 is 1.88 bits per heavy atom. The predicted molar refractivity (Wildman–Crippen MR) is 105 cm³/mol. The van der Waals surface area contributed by atoms with E-state index in [0.29, 0.717) is 6.42 Å². The molecular formula is C22H21NO2S. The highest BCUT2D eigenvalue weighted by atomic mass is 32.1. The molecule has 4 heteroatoms. The number of carbonyl (C=O) groups excluding carboxylic acids is 1. The van der Waals surface area contributed by atoms with Crippen molar-refractivity contribution in [3.8, 4) is 5.75 Å². The Labute approximate surface area is 157 Å². The van der Waals surface area contributed by atoms with Crippen LogP contribution in [0.2, 0.25) is 0 Å². The maximum atomic E-state index is 13.1. The second kappa shape index (κ2) is 7.34. The summed E-state index contributed by atoms with van der Waals surface area (Å²) in [5.41, 5.74) is 3.45. The van der Waals surface area contributed by atoms with Gasteiger partial charge in [-0.15, -0.1) is 11.3 Å². The van der Waals surface area contributed by atoms with E-state index in [1.54, 1.807) is 18.4 Å². The van der Waals surface area contributed by atoms with Crippen LogP contribution in [0.15, 0.2) is 66.0 Å². The third-order valence-corrected chi connectivity index (χ3v) is 5.91. The van der Waals surface area contributed by atoms with E-state index in [4.69, 9.17) is 4.74 Å². The van der Waals surface area contributed by atoms with Gasteiger partial charge in [-0.25, -0.2) is 0 Å². The number of hydrogen-bond donors (Lipinski definition) is 0. The summed E-state index contributed by atoms with van der Waals surface area (Å²) in [5, 5.41) is 2.13. The van der Waals surface area contributed by atoms with E-state index >= 15 is 0 Å². The van der Waals surface area contributed by atoms with Gasteiger partial charge in [0, 0.05) is 11.4 Å². The fourth-order valence-corrected chi connectivity index (χ4v) is 4.51. The monoisotopic (exact) mass is 363 g/mol. The summed E-state index contributed by atoms with van der Waals surface area (Å²) in [6.07, 6.45) is 1.37. The van der Waals surface area contributed by atoms with Crippen LogP contribution in [0.1, 0.15) is 27.6 Å². The molecule has 0 radical (unpaired) electrons. The zero-order chi connectivity index (χ0) is 17.9. The summed E-state index contributed by atoms with van der Waals surface area (Å²) in [5.74, 6) is 1.01. The number of hydrogen-bond acceptors (Lipinski definition) is 3. The summed E-state index contributed by atoms with van der Waals surface area (Å²) in [7, 11) is 1.67. The fourth-order valence-electron chi connectivity index (χ4n) is 3.60. The van der Waals surface area contributed by atoms with Gasteiger partial charge in [-0.3, -0.25) is 4.79 Å². The molecule has 2 heterocycles. The molecule has 0 bridgehead atoms. The van der Waals surface area contributed by atoms with E-state index in [1.807, 2.05) is 47.4 Å².